The first-order valence-electron chi connectivity index (χ1n) is 7.08. The Balaban J connectivity index is 1.76. The van der Waals surface area contributed by atoms with Crippen molar-refractivity contribution in [3.05, 3.63) is 22.4 Å². The Bertz CT molecular complexity index is 351. The normalized spacial score (nSPS) is 31.3. The van der Waals surface area contributed by atoms with E-state index in [0.29, 0.717) is 17.6 Å². The molecule has 1 fully saturated rings. The Kier molecular flexibility index (Phi) is 4.82. The maximum Gasteiger partial charge on any atom is 0.0658 e. The van der Waals surface area contributed by atoms with Gasteiger partial charge in [-0.15, -0.1) is 11.3 Å². The van der Waals surface area contributed by atoms with E-state index >= 15 is 0 Å². The Labute approximate surface area is 115 Å². The smallest absolute Gasteiger partial charge is 0.0658 e. The average molecular weight is 267 g/mol. The molecule has 1 aromatic rings. The van der Waals surface area contributed by atoms with E-state index in [0.717, 1.165) is 19.6 Å². The summed E-state index contributed by atoms with van der Waals surface area (Å²) in [7, 11) is 0. The lowest BCUT2D eigenvalue weighted by molar-refractivity contribution is -0.127. The standard InChI is InChI=1S/C15H25NOS/c1-4-15(3)13(16-5-2)11-14(15)17-9-8-12-7-6-10-18-12/h6-7,10,13-14,16H,4-5,8-9,11H2,1-3H3. The summed E-state index contributed by atoms with van der Waals surface area (Å²) in [5, 5.41) is 5.71. The van der Waals surface area contributed by atoms with Crippen LogP contribution in [0.15, 0.2) is 17.5 Å². The summed E-state index contributed by atoms with van der Waals surface area (Å²) in [6.07, 6.45) is 3.85. The number of hydrogen-bond donors (Lipinski definition) is 1. The average Bonchev–Trinajstić information content (AvgIpc) is 2.89. The minimum absolute atomic E-state index is 0.325. The molecule has 1 aliphatic rings. The Hall–Kier alpha value is -0.380. The van der Waals surface area contributed by atoms with Crippen molar-refractivity contribution < 1.29 is 4.74 Å². The molecule has 0 aliphatic heterocycles. The molecule has 1 N–H and O–H groups in total. The third-order valence-corrected chi connectivity index (χ3v) is 5.38. The van der Waals surface area contributed by atoms with Crippen molar-refractivity contribution in [3.63, 3.8) is 0 Å². The maximum atomic E-state index is 6.10. The first-order valence-corrected chi connectivity index (χ1v) is 7.96. The highest BCUT2D eigenvalue weighted by Crippen LogP contribution is 2.45. The van der Waals surface area contributed by atoms with Crippen LogP contribution in [0, 0.1) is 5.41 Å². The zero-order valence-electron chi connectivity index (χ0n) is 11.7. The number of ether oxygens (including phenoxy) is 1. The molecule has 0 aromatic carbocycles. The van der Waals surface area contributed by atoms with E-state index in [1.807, 2.05) is 11.3 Å². The zero-order chi connectivity index (χ0) is 13.0. The monoisotopic (exact) mass is 267 g/mol. The number of rotatable bonds is 7. The number of hydrogen-bond acceptors (Lipinski definition) is 3. The molecule has 3 atom stereocenters. The van der Waals surface area contributed by atoms with Crippen molar-refractivity contribution in [1.29, 1.82) is 0 Å². The molecule has 0 bridgehead atoms. The molecular weight excluding hydrogens is 242 g/mol. The second-order valence-corrected chi connectivity index (χ2v) is 6.43. The van der Waals surface area contributed by atoms with Crippen molar-refractivity contribution in [2.75, 3.05) is 13.2 Å². The van der Waals surface area contributed by atoms with Crippen LogP contribution in [-0.4, -0.2) is 25.3 Å². The molecular formula is C15H25NOS. The summed E-state index contributed by atoms with van der Waals surface area (Å²) >= 11 is 1.82. The lowest BCUT2D eigenvalue weighted by Gasteiger charge is -2.53. The summed E-state index contributed by atoms with van der Waals surface area (Å²) < 4.78 is 6.10. The highest BCUT2D eigenvalue weighted by atomic mass is 32.1. The summed E-state index contributed by atoms with van der Waals surface area (Å²) in [4.78, 5) is 1.43. The SMILES string of the molecule is CCNC1CC(OCCc2cccs2)C1(C)CC. The van der Waals surface area contributed by atoms with Crippen molar-refractivity contribution in [2.24, 2.45) is 5.41 Å². The topological polar surface area (TPSA) is 21.3 Å². The van der Waals surface area contributed by atoms with Gasteiger partial charge in [0.15, 0.2) is 0 Å². The molecule has 1 heterocycles. The zero-order valence-corrected chi connectivity index (χ0v) is 12.6. The number of thiophene rings is 1. The van der Waals surface area contributed by atoms with E-state index in [9.17, 15) is 0 Å². The van der Waals surface area contributed by atoms with Gasteiger partial charge >= 0.3 is 0 Å². The summed E-state index contributed by atoms with van der Waals surface area (Å²) in [5.41, 5.74) is 0.325. The fraction of sp³-hybridized carbons (Fsp3) is 0.733. The van der Waals surface area contributed by atoms with Crippen molar-refractivity contribution >= 4 is 11.3 Å². The van der Waals surface area contributed by atoms with Crippen molar-refractivity contribution in [2.45, 2.75) is 52.2 Å². The van der Waals surface area contributed by atoms with Crippen LogP contribution in [0.5, 0.6) is 0 Å². The molecule has 0 radical (unpaired) electrons. The van der Waals surface area contributed by atoms with Crippen LogP contribution in [0.25, 0.3) is 0 Å². The molecule has 2 rings (SSSR count). The van der Waals surface area contributed by atoms with E-state index < -0.39 is 0 Å². The highest BCUT2D eigenvalue weighted by molar-refractivity contribution is 7.09. The van der Waals surface area contributed by atoms with Gasteiger partial charge in [0.25, 0.3) is 0 Å². The van der Waals surface area contributed by atoms with Gasteiger partial charge in [-0.1, -0.05) is 26.8 Å². The van der Waals surface area contributed by atoms with Crippen LogP contribution >= 0.6 is 11.3 Å². The van der Waals surface area contributed by atoms with Gasteiger partial charge in [-0.05, 0) is 30.8 Å². The van der Waals surface area contributed by atoms with E-state index in [1.165, 1.54) is 17.7 Å². The molecule has 0 saturated heterocycles. The maximum absolute atomic E-state index is 6.10. The molecule has 3 heteroatoms. The highest BCUT2D eigenvalue weighted by Gasteiger charge is 2.50. The van der Waals surface area contributed by atoms with Crippen LogP contribution in [0.1, 0.15) is 38.5 Å². The number of nitrogens with one attached hydrogen (secondary N) is 1. The third kappa shape index (κ3) is 2.79. The molecule has 102 valence electrons. The van der Waals surface area contributed by atoms with Gasteiger partial charge in [0, 0.05) is 22.8 Å². The Morgan fingerprint density at radius 1 is 1.50 bits per heavy atom. The van der Waals surface area contributed by atoms with Crippen LogP contribution in [0.3, 0.4) is 0 Å². The largest absolute Gasteiger partial charge is 0.377 e. The van der Waals surface area contributed by atoms with Gasteiger partial charge < -0.3 is 10.1 Å². The quantitative estimate of drug-likeness (QED) is 0.816. The fourth-order valence-electron chi connectivity index (χ4n) is 2.87. The van der Waals surface area contributed by atoms with Gasteiger partial charge in [0.2, 0.25) is 0 Å². The molecule has 18 heavy (non-hydrogen) atoms. The first-order chi connectivity index (χ1) is 8.70. The lowest BCUT2D eigenvalue weighted by Crippen LogP contribution is -2.62. The summed E-state index contributed by atoms with van der Waals surface area (Å²) in [6.45, 7) is 8.74. The van der Waals surface area contributed by atoms with E-state index in [1.54, 1.807) is 0 Å². The van der Waals surface area contributed by atoms with Gasteiger partial charge in [0.1, 0.15) is 0 Å². The Morgan fingerprint density at radius 2 is 2.33 bits per heavy atom. The van der Waals surface area contributed by atoms with Crippen LogP contribution in [0.2, 0.25) is 0 Å². The molecule has 1 saturated carbocycles. The van der Waals surface area contributed by atoms with Crippen LogP contribution < -0.4 is 5.32 Å². The molecule has 3 unspecified atom stereocenters. The minimum atomic E-state index is 0.325. The minimum Gasteiger partial charge on any atom is -0.377 e. The molecule has 0 spiro atoms. The van der Waals surface area contributed by atoms with Crippen molar-refractivity contribution in [1.82, 2.24) is 5.32 Å². The van der Waals surface area contributed by atoms with Gasteiger partial charge in [-0.2, -0.15) is 0 Å². The van der Waals surface area contributed by atoms with E-state index in [4.69, 9.17) is 4.74 Å². The van der Waals surface area contributed by atoms with E-state index in [-0.39, 0.29) is 0 Å². The first kappa shape index (κ1) is 14.0. The van der Waals surface area contributed by atoms with Crippen LogP contribution in [0.4, 0.5) is 0 Å². The predicted molar refractivity (Wildman–Crippen MR) is 78.2 cm³/mol. The lowest BCUT2D eigenvalue weighted by atomic mass is 9.61. The molecule has 1 aromatic heterocycles. The summed E-state index contributed by atoms with van der Waals surface area (Å²) in [5.74, 6) is 0. The van der Waals surface area contributed by atoms with Gasteiger partial charge in [0.05, 0.1) is 12.7 Å². The molecule has 1 aliphatic carbocycles. The van der Waals surface area contributed by atoms with Gasteiger partial charge in [-0.3, -0.25) is 0 Å². The van der Waals surface area contributed by atoms with Crippen molar-refractivity contribution in [3.8, 4) is 0 Å². The second kappa shape index (κ2) is 6.18. The molecule has 2 nitrogen and oxygen atoms in total. The van der Waals surface area contributed by atoms with Gasteiger partial charge in [-0.25, -0.2) is 0 Å². The Morgan fingerprint density at radius 3 is 2.94 bits per heavy atom. The molecule has 0 amide bonds. The third-order valence-electron chi connectivity index (χ3n) is 4.44. The van der Waals surface area contributed by atoms with Crippen LogP contribution in [-0.2, 0) is 11.2 Å². The van der Waals surface area contributed by atoms with E-state index in [2.05, 4.69) is 43.6 Å². The second-order valence-electron chi connectivity index (χ2n) is 5.39. The predicted octanol–water partition coefficient (Wildman–Crippen LogP) is 3.47. The fourth-order valence-corrected chi connectivity index (χ4v) is 3.56. The summed E-state index contributed by atoms with van der Waals surface area (Å²) in [6, 6.07) is 4.94.